The molecule has 0 heterocycles. The molecule has 0 unspecified atom stereocenters. The minimum absolute atomic E-state index is 0. The molecule has 0 radical (unpaired) electrons. The predicted molar refractivity (Wildman–Crippen MR) is 68.6 cm³/mol. The zero-order chi connectivity index (χ0) is 15.3. The number of carbonyl (C=O) groups is 2. The summed E-state index contributed by atoms with van der Waals surface area (Å²) in [6.45, 7) is 7.26. The molecule has 0 aliphatic heterocycles. The Morgan fingerprint density at radius 1 is 1.05 bits per heavy atom. The van der Waals surface area contributed by atoms with Crippen LogP contribution in [0.1, 0.15) is 26.7 Å². The van der Waals surface area contributed by atoms with Gasteiger partial charge < -0.3 is 36.2 Å². The number of rotatable bonds is 9. The van der Waals surface area contributed by atoms with E-state index in [1.54, 1.807) is 0 Å². The molecule has 0 bridgehead atoms. The third kappa shape index (κ3) is 13.9. The number of aliphatic carboxylic acids is 2. The number of nitrogens with two attached hydrogens (primary N) is 2. The van der Waals surface area contributed by atoms with E-state index in [1.807, 2.05) is 18.7 Å². The summed E-state index contributed by atoms with van der Waals surface area (Å²) in [5, 5.41) is 20.8. The van der Waals surface area contributed by atoms with Crippen molar-refractivity contribution in [2.45, 2.75) is 26.7 Å². The molecule has 0 atom stereocenters. The minimum atomic E-state index is -1.57. The van der Waals surface area contributed by atoms with E-state index < -0.39 is 17.9 Å². The van der Waals surface area contributed by atoms with Crippen molar-refractivity contribution in [2.24, 2.45) is 17.4 Å². The topological polar surface area (TPSA) is 136 Å². The summed E-state index contributed by atoms with van der Waals surface area (Å²) in [6, 6.07) is 0. The largest absolute Gasteiger partial charge is 2.00 e. The van der Waals surface area contributed by atoms with E-state index >= 15 is 0 Å². The molecule has 8 heteroatoms. The first-order chi connectivity index (χ1) is 8.94. The molecule has 0 fully saturated rings. The van der Waals surface area contributed by atoms with Crippen molar-refractivity contribution in [3.63, 3.8) is 0 Å². The summed E-state index contributed by atoms with van der Waals surface area (Å²) in [5.41, 5.74) is 10.1. The van der Waals surface area contributed by atoms with E-state index in [0.717, 1.165) is 32.6 Å². The molecule has 122 valence electrons. The fourth-order valence-corrected chi connectivity index (χ4v) is 1.30. The fraction of sp³-hybridized carbons (Fsp3) is 0.833. The molecule has 0 aliphatic carbocycles. The second-order valence-electron chi connectivity index (χ2n) is 3.94. The van der Waals surface area contributed by atoms with Crippen LogP contribution in [-0.4, -0.2) is 49.6 Å². The average Bonchev–Trinajstić information content (AvgIpc) is 2.35. The molecule has 0 amide bonds. The van der Waals surface area contributed by atoms with E-state index in [9.17, 15) is 19.8 Å². The Kier molecular flexibility index (Phi) is 20.3. The standard InChI is InChI=1S/C9H17NO4.C3H10N2.Pt/c1-3-10(4-2)6-5-7(8(11)12)9(13)14;4-2-1-3-5;/h7H,3-6H2,1-2H3,(H,11,12)(H,13,14);1-5H2;/q;;+2/p-2. The van der Waals surface area contributed by atoms with Crippen molar-refractivity contribution in [1.82, 2.24) is 4.90 Å². The number of carboxylic acids is 2. The second-order valence-corrected chi connectivity index (χ2v) is 3.94. The Balaban J connectivity index is -0.000000414. The number of hydrogen-bond acceptors (Lipinski definition) is 7. The first-order valence-corrected chi connectivity index (χ1v) is 6.48. The van der Waals surface area contributed by atoms with Gasteiger partial charge in [-0.3, -0.25) is 0 Å². The molecule has 0 spiro atoms. The molecule has 0 saturated carbocycles. The van der Waals surface area contributed by atoms with Gasteiger partial charge in [0.15, 0.2) is 0 Å². The maximum absolute atomic E-state index is 10.4. The van der Waals surface area contributed by atoms with Gasteiger partial charge in [0.2, 0.25) is 0 Å². The third-order valence-electron chi connectivity index (χ3n) is 2.61. The molecular weight excluding hydrogens is 445 g/mol. The van der Waals surface area contributed by atoms with Gasteiger partial charge in [-0.25, -0.2) is 0 Å². The monoisotopic (exact) mass is 470 g/mol. The van der Waals surface area contributed by atoms with E-state index in [4.69, 9.17) is 11.5 Å². The van der Waals surface area contributed by atoms with E-state index in [0.29, 0.717) is 6.54 Å². The maximum Gasteiger partial charge on any atom is 2.00 e. The Morgan fingerprint density at radius 2 is 1.45 bits per heavy atom. The van der Waals surface area contributed by atoms with Crippen LogP contribution < -0.4 is 21.7 Å². The average molecular weight is 470 g/mol. The van der Waals surface area contributed by atoms with E-state index in [1.165, 1.54) is 0 Å². The number of carbonyl (C=O) groups excluding carboxylic acids is 2. The normalized spacial score (nSPS) is 9.70. The summed E-state index contributed by atoms with van der Waals surface area (Å²) in [5.74, 6) is -4.65. The zero-order valence-electron chi connectivity index (χ0n) is 12.1. The first-order valence-electron chi connectivity index (χ1n) is 6.48. The van der Waals surface area contributed by atoms with Crippen LogP contribution in [0.5, 0.6) is 0 Å². The van der Waals surface area contributed by atoms with Gasteiger partial charge in [-0.1, -0.05) is 13.8 Å². The van der Waals surface area contributed by atoms with Gasteiger partial charge in [0, 0.05) is 5.92 Å². The van der Waals surface area contributed by atoms with Gasteiger partial charge in [0.1, 0.15) is 0 Å². The molecule has 20 heavy (non-hydrogen) atoms. The Morgan fingerprint density at radius 3 is 1.65 bits per heavy atom. The summed E-state index contributed by atoms with van der Waals surface area (Å²) < 4.78 is 0. The van der Waals surface area contributed by atoms with Gasteiger partial charge in [0.05, 0.1) is 11.9 Å². The van der Waals surface area contributed by atoms with Crippen LogP contribution in [0, 0.1) is 5.92 Å². The van der Waals surface area contributed by atoms with Crippen LogP contribution in [0.25, 0.3) is 0 Å². The van der Waals surface area contributed by atoms with Crippen LogP contribution >= 0.6 is 0 Å². The van der Waals surface area contributed by atoms with Crippen LogP contribution in [0.4, 0.5) is 0 Å². The number of nitrogens with zero attached hydrogens (tertiary/aromatic N) is 1. The van der Waals surface area contributed by atoms with Crippen LogP contribution in [0.2, 0.25) is 0 Å². The zero-order valence-corrected chi connectivity index (χ0v) is 14.4. The number of hydrogen-bond donors (Lipinski definition) is 2. The van der Waals surface area contributed by atoms with Gasteiger partial charge in [-0.2, -0.15) is 0 Å². The van der Waals surface area contributed by atoms with Crippen molar-refractivity contribution >= 4 is 11.9 Å². The Hall–Kier alpha value is -0.492. The number of carboxylic acid groups (broad SMARTS) is 2. The SMILES string of the molecule is CCN(CC)CCC(C(=O)[O-])C(=O)[O-].NCCCN.[Pt+2]. The minimum Gasteiger partial charge on any atom is -0.549 e. The van der Waals surface area contributed by atoms with Crippen molar-refractivity contribution in [2.75, 3.05) is 32.7 Å². The van der Waals surface area contributed by atoms with Crippen molar-refractivity contribution < 1.29 is 40.9 Å². The van der Waals surface area contributed by atoms with Gasteiger partial charge in [-0.15, -0.1) is 0 Å². The summed E-state index contributed by atoms with van der Waals surface area (Å²) in [4.78, 5) is 22.7. The van der Waals surface area contributed by atoms with Crippen LogP contribution in [0.15, 0.2) is 0 Å². The van der Waals surface area contributed by atoms with E-state index in [2.05, 4.69) is 0 Å². The first kappa shape index (κ1) is 24.5. The maximum atomic E-state index is 10.4. The van der Waals surface area contributed by atoms with Crippen LogP contribution in [0.3, 0.4) is 0 Å². The van der Waals surface area contributed by atoms with Gasteiger partial charge in [-0.05, 0) is 45.6 Å². The molecule has 0 aliphatic rings. The van der Waals surface area contributed by atoms with Crippen molar-refractivity contribution in [1.29, 1.82) is 0 Å². The quantitative estimate of drug-likeness (QED) is 0.346. The molecule has 7 nitrogen and oxygen atoms in total. The summed E-state index contributed by atoms with van der Waals surface area (Å²) >= 11 is 0. The van der Waals surface area contributed by atoms with E-state index in [-0.39, 0.29) is 27.5 Å². The predicted octanol–water partition coefficient (Wildman–Crippen LogP) is -2.87. The Labute approximate surface area is 134 Å². The molecule has 0 aromatic carbocycles. The Bertz CT molecular complexity index is 235. The molecular formula is C12H25N3O4Pt. The molecule has 0 aromatic heterocycles. The molecule has 0 rings (SSSR count). The molecule has 0 aromatic rings. The molecule has 0 saturated heterocycles. The third-order valence-corrected chi connectivity index (χ3v) is 2.61. The van der Waals surface area contributed by atoms with Crippen molar-refractivity contribution in [3.05, 3.63) is 0 Å². The summed E-state index contributed by atoms with van der Waals surface area (Å²) in [7, 11) is 0. The van der Waals surface area contributed by atoms with Crippen molar-refractivity contribution in [3.8, 4) is 0 Å². The van der Waals surface area contributed by atoms with Crippen LogP contribution in [-0.2, 0) is 30.7 Å². The van der Waals surface area contributed by atoms with Gasteiger partial charge >= 0.3 is 21.1 Å². The smallest absolute Gasteiger partial charge is 0.549 e. The fourth-order valence-electron chi connectivity index (χ4n) is 1.30. The van der Waals surface area contributed by atoms with Gasteiger partial charge in [0.25, 0.3) is 0 Å². The second kappa shape index (κ2) is 16.6. The summed E-state index contributed by atoms with van der Waals surface area (Å²) in [6.07, 6.45) is 0.979. The molecule has 4 N–H and O–H groups in total.